The van der Waals surface area contributed by atoms with E-state index in [1.54, 1.807) is 48.5 Å². The maximum atomic E-state index is 12.4. The highest BCUT2D eigenvalue weighted by molar-refractivity contribution is 6.35. The molecule has 0 spiro atoms. The van der Waals surface area contributed by atoms with Gasteiger partial charge in [-0.25, -0.2) is 0 Å². The molecule has 0 bridgehead atoms. The fourth-order valence-electron chi connectivity index (χ4n) is 2.95. The highest BCUT2D eigenvalue weighted by Gasteiger charge is 2.28. The number of rotatable bonds is 4. The number of nitrogens with one attached hydrogen (secondary N) is 3. The Labute approximate surface area is 175 Å². The molecular formula is C21H13Cl2N3O3. The van der Waals surface area contributed by atoms with Crippen LogP contribution in [-0.4, -0.2) is 17.7 Å². The molecule has 0 radical (unpaired) electrons. The summed E-state index contributed by atoms with van der Waals surface area (Å²) in [5, 5.41) is 8.90. The topological polar surface area (TPSA) is 87.3 Å². The SMILES string of the molecule is O=C(Nc1cccc(Nc2cc3c(cc2Cl)C(=O)NC3=O)c1)c1cccc(Cl)c1. The first kappa shape index (κ1) is 19.0. The lowest BCUT2D eigenvalue weighted by Gasteiger charge is -2.12. The fraction of sp³-hybridized carbons (Fsp3) is 0. The molecule has 3 amide bonds. The summed E-state index contributed by atoms with van der Waals surface area (Å²) in [6.45, 7) is 0. The Bertz CT molecular complexity index is 1180. The number of imide groups is 1. The van der Waals surface area contributed by atoms with E-state index in [9.17, 15) is 14.4 Å². The first-order chi connectivity index (χ1) is 13.9. The summed E-state index contributed by atoms with van der Waals surface area (Å²) in [6.07, 6.45) is 0. The van der Waals surface area contributed by atoms with Crippen LogP contribution in [0.5, 0.6) is 0 Å². The summed E-state index contributed by atoms with van der Waals surface area (Å²) in [4.78, 5) is 36.0. The van der Waals surface area contributed by atoms with Crippen LogP contribution in [0, 0.1) is 0 Å². The molecule has 6 nitrogen and oxygen atoms in total. The number of hydrogen-bond acceptors (Lipinski definition) is 4. The normalized spacial score (nSPS) is 12.3. The summed E-state index contributed by atoms with van der Waals surface area (Å²) in [7, 11) is 0. The number of anilines is 3. The molecule has 4 rings (SSSR count). The largest absolute Gasteiger partial charge is 0.354 e. The lowest BCUT2D eigenvalue weighted by molar-refractivity contribution is 0.0878. The molecular weight excluding hydrogens is 413 g/mol. The van der Waals surface area contributed by atoms with Gasteiger partial charge in [-0.05, 0) is 48.5 Å². The van der Waals surface area contributed by atoms with Gasteiger partial charge < -0.3 is 10.6 Å². The van der Waals surface area contributed by atoms with Gasteiger partial charge in [-0.1, -0.05) is 35.3 Å². The van der Waals surface area contributed by atoms with Crippen molar-refractivity contribution in [2.24, 2.45) is 0 Å². The van der Waals surface area contributed by atoms with E-state index in [1.165, 1.54) is 12.1 Å². The highest BCUT2D eigenvalue weighted by Crippen LogP contribution is 2.31. The number of halogens is 2. The van der Waals surface area contributed by atoms with Gasteiger partial charge in [-0.3, -0.25) is 19.7 Å². The first-order valence-electron chi connectivity index (χ1n) is 8.54. The standard InChI is InChI=1S/C21H13Cl2N3O3/c22-12-4-1-3-11(7-12)19(27)25-14-6-2-5-13(8-14)24-18-10-16-15(9-17(18)23)20(28)26-21(16)29/h1-10,24H,(H,25,27)(H,26,28,29). The van der Waals surface area contributed by atoms with Crippen LogP contribution in [0.4, 0.5) is 17.1 Å². The van der Waals surface area contributed by atoms with Gasteiger partial charge in [0.2, 0.25) is 0 Å². The minimum absolute atomic E-state index is 0.244. The summed E-state index contributed by atoms with van der Waals surface area (Å²) in [6, 6.07) is 16.6. The molecule has 3 N–H and O–H groups in total. The molecule has 0 atom stereocenters. The van der Waals surface area contributed by atoms with Crippen LogP contribution in [0.1, 0.15) is 31.1 Å². The monoisotopic (exact) mass is 425 g/mol. The van der Waals surface area contributed by atoms with E-state index in [0.29, 0.717) is 32.7 Å². The lowest BCUT2D eigenvalue weighted by Crippen LogP contribution is -2.19. The van der Waals surface area contributed by atoms with Gasteiger partial charge in [0, 0.05) is 22.0 Å². The second kappa shape index (κ2) is 7.58. The van der Waals surface area contributed by atoms with E-state index >= 15 is 0 Å². The average Bonchev–Trinajstić information content (AvgIpc) is 2.95. The zero-order chi connectivity index (χ0) is 20.5. The second-order valence-corrected chi connectivity index (χ2v) is 7.17. The predicted molar refractivity (Wildman–Crippen MR) is 112 cm³/mol. The van der Waals surface area contributed by atoms with E-state index in [-0.39, 0.29) is 17.0 Å². The molecule has 8 heteroatoms. The van der Waals surface area contributed by atoms with Gasteiger partial charge in [0.05, 0.1) is 21.8 Å². The molecule has 0 aliphatic carbocycles. The Hall–Kier alpha value is -3.35. The first-order valence-corrected chi connectivity index (χ1v) is 9.29. The molecule has 0 unspecified atom stereocenters. The van der Waals surface area contributed by atoms with Gasteiger partial charge in [0.1, 0.15) is 0 Å². The van der Waals surface area contributed by atoms with Gasteiger partial charge in [0.25, 0.3) is 17.7 Å². The van der Waals surface area contributed by atoms with Crippen LogP contribution < -0.4 is 16.0 Å². The average molecular weight is 426 g/mol. The van der Waals surface area contributed by atoms with E-state index in [2.05, 4.69) is 16.0 Å². The zero-order valence-corrected chi connectivity index (χ0v) is 16.3. The molecule has 1 aliphatic rings. The van der Waals surface area contributed by atoms with Crippen LogP contribution in [0.25, 0.3) is 0 Å². The number of carbonyl (C=O) groups excluding carboxylic acids is 3. The third-order valence-corrected chi connectivity index (χ3v) is 4.86. The predicted octanol–water partition coefficient (Wildman–Crippen LogP) is 4.87. The van der Waals surface area contributed by atoms with Crippen molar-refractivity contribution in [3.63, 3.8) is 0 Å². The smallest absolute Gasteiger partial charge is 0.259 e. The lowest BCUT2D eigenvalue weighted by atomic mass is 10.1. The van der Waals surface area contributed by atoms with Crippen LogP contribution in [0.2, 0.25) is 10.0 Å². The molecule has 0 saturated heterocycles. The number of amides is 3. The molecule has 3 aromatic carbocycles. The maximum Gasteiger partial charge on any atom is 0.259 e. The second-order valence-electron chi connectivity index (χ2n) is 6.33. The fourth-order valence-corrected chi connectivity index (χ4v) is 3.35. The van der Waals surface area contributed by atoms with Crippen molar-refractivity contribution in [3.05, 3.63) is 87.4 Å². The molecule has 144 valence electrons. The summed E-state index contributed by atoms with van der Waals surface area (Å²) < 4.78 is 0. The van der Waals surface area contributed by atoms with E-state index in [4.69, 9.17) is 23.2 Å². The minimum Gasteiger partial charge on any atom is -0.354 e. The van der Waals surface area contributed by atoms with Crippen molar-refractivity contribution in [1.29, 1.82) is 0 Å². The molecule has 0 fully saturated rings. The zero-order valence-electron chi connectivity index (χ0n) is 14.8. The minimum atomic E-state index is -0.468. The number of carbonyl (C=O) groups is 3. The van der Waals surface area contributed by atoms with Crippen LogP contribution >= 0.6 is 23.2 Å². The van der Waals surface area contributed by atoms with E-state index in [1.807, 2.05) is 0 Å². The number of fused-ring (bicyclic) bond motifs is 1. The van der Waals surface area contributed by atoms with Crippen molar-refractivity contribution in [1.82, 2.24) is 5.32 Å². The Balaban J connectivity index is 1.56. The molecule has 0 aromatic heterocycles. The summed E-state index contributed by atoms with van der Waals surface area (Å²) in [5.74, 6) is -1.23. The third-order valence-electron chi connectivity index (χ3n) is 4.31. The quantitative estimate of drug-likeness (QED) is 0.520. The Morgan fingerprint density at radius 2 is 1.52 bits per heavy atom. The van der Waals surface area contributed by atoms with Gasteiger partial charge >= 0.3 is 0 Å². The van der Waals surface area contributed by atoms with Crippen molar-refractivity contribution in [2.45, 2.75) is 0 Å². The van der Waals surface area contributed by atoms with Gasteiger partial charge in [-0.15, -0.1) is 0 Å². The van der Waals surface area contributed by atoms with Crippen molar-refractivity contribution in [3.8, 4) is 0 Å². The van der Waals surface area contributed by atoms with Crippen LogP contribution in [0.3, 0.4) is 0 Å². The molecule has 29 heavy (non-hydrogen) atoms. The van der Waals surface area contributed by atoms with E-state index in [0.717, 1.165) is 0 Å². The Morgan fingerprint density at radius 1 is 0.828 bits per heavy atom. The van der Waals surface area contributed by atoms with Gasteiger partial charge in [-0.2, -0.15) is 0 Å². The Kier molecular flexibility index (Phi) is 4.96. The summed E-state index contributed by atoms with van der Waals surface area (Å²) in [5.41, 5.74) is 2.60. The van der Waals surface area contributed by atoms with Gasteiger partial charge in [0.15, 0.2) is 0 Å². The van der Waals surface area contributed by atoms with Crippen molar-refractivity contribution >= 4 is 58.0 Å². The van der Waals surface area contributed by atoms with E-state index < -0.39 is 11.8 Å². The van der Waals surface area contributed by atoms with Crippen LogP contribution in [-0.2, 0) is 0 Å². The van der Waals surface area contributed by atoms with Crippen molar-refractivity contribution in [2.75, 3.05) is 10.6 Å². The highest BCUT2D eigenvalue weighted by atomic mass is 35.5. The maximum absolute atomic E-state index is 12.4. The van der Waals surface area contributed by atoms with Crippen LogP contribution in [0.15, 0.2) is 60.7 Å². The Morgan fingerprint density at radius 3 is 2.28 bits per heavy atom. The molecule has 1 heterocycles. The molecule has 0 saturated carbocycles. The number of benzene rings is 3. The number of hydrogen-bond donors (Lipinski definition) is 3. The third kappa shape index (κ3) is 3.94. The molecule has 3 aromatic rings. The van der Waals surface area contributed by atoms with Crippen molar-refractivity contribution < 1.29 is 14.4 Å². The molecule has 1 aliphatic heterocycles. The summed E-state index contributed by atoms with van der Waals surface area (Å²) >= 11 is 12.2.